The standard InChI is InChI=1S/C29H38N6O3S.C2H6/c1-2-22(30)26(36)34-25-20(17-32-29(31)39)13-14-21-15-16-23(35(21)28(25)38)27(37)33-24(18-9-5-3-6-10-18)19-11-7-4-8-12-19;1-2/h3-12,20-25H,2,13-17,30H2,1H3,(H,33,37)(H,34,36)(H3,31,32,39);1-2H3/t20?,21?,22-,23?,25?;/m0./s1. The van der Waals surface area contributed by atoms with E-state index in [-0.39, 0.29) is 40.8 Å². The van der Waals surface area contributed by atoms with E-state index in [1.807, 2.05) is 81.4 Å². The van der Waals surface area contributed by atoms with E-state index < -0.39 is 18.1 Å². The normalized spacial score (nSPS) is 22.5. The van der Waals surface area contributed by atoms with Gasteiger partial charge >= 0.3 is 0 Å². The lowest BCUT2D eigenvalue weighted by atomic mass is 9.92. The summed E-state index contributed by atoms with van der Waals surface area (Å²) in [5.41, 5.74) is 13.5. The summed E-state index contributed by atoms with van der Waals surface area (Å²) >= 11 is 4.98. The molecule has 0 radical (unpaired) electrons. The molecule has 2 saturated heterocycles. The van der Waals surface area contributed by atoms with Gasteiger partial charge in [-0.1, -0.05) is 81.4 Å². The summed E-state index contributed by atoms with van der Waals surface area (Å²) in [5.74, 6) is -1.11. The van der Waals surface area contributed by atoms with Crippen molar-refractivity contribution in [3.63, 3.8) is 0 Å². The van der Waals surface area contributed by atoms with Crippen LogP contribution in [0.3, 0.4) is 0 Å². The zero-order valence-electron chi connectivity index (χ0n) is 24.2. The molecular weight excluding hydrogens is 536 g/mol. The number of hydrogen-bond acceptors (Lipinski definition) is 5. The Hall–Kier alpha value is -3.50. The van der Waals surface area contributed by atoms with Gasteiger partial charge in [0.2, 0.25) is 17.7 Å². The summed E-state index contributed by atoms with van der Waals surface area (Å²) in [6.45, 7) is 6.16. The van der Waals surface area contributed by atoms with Crippen molar-refractivity contribution in [2.45, 2.75) is 83.1 Å². The van der Waals surface area contributed by atoms with Crippen LogP contribution in [0.5, 0.6) is 0 Å². The average Bonchev–Trinajstić information content (AvgIpc) is 3.38. The highest BCUT2D eigenvalue weighted by atomic mass is 32.1. The number of rotatable bonds is 9. The summed E-state index contributed by atoms with van der Waals surface area (Å²) in [6.07, 6.45) is 3.10. The van der Waals surface area contributed by atoms with E-state index >= 15 is 0 Å². The van der Waals surface area contributed by atoms with Gasteiger partial charge in [0.15, 0.2) is 5.11 Å². The lowest BCUT2D eigenvalue weighted by molar-refractivity contribution is -0.143. The molecule has 2 aromatic rings. The van der Waals surface area contributed by atoms with Crippen molar-refractivity contribution in [3.05, 3.63) is 71.8 Å². The molecular formula is C31H44N6O3S. The molecule has 3 amide bonds. The topological polar surface area (TPSA) is 143 Å². The molecule has 2 heterocycles. The lowest BCUT2D eigenvalue weighted by Crippen LogP contribution is -2.59. The SMILES string of the molecule is CC.CC[C@H](N)C(=O)NC1C(=O)N2C(CCC1CNC(N)=S)CCC2C(=O)NC(c1ccccc1)c1ccccc1. The van der Waals surface area contributed by atoms with Gasteiger partial charge in [-0.05, 0) is 55.4 Å². The third kappa shape index (κ3) is 8.04. The van der Waals surface area contributed by atoms with Gasteiger partial charge in [-0.2, -0.15) is 0 Å². The molecule has 7 N–H and O–H groups in total. The molecule has 2 fully saturated rings. The fourth-order valence-electron chi connectivity index (χ4n) is 5.66. The molecule has 2 aliphatic rings. The molecule has 222 valence electrons. The van der Waals surface area contributed by atoms with E-state index in [9.17, 15) is 14.4 Å². The van der Waals surface area contributed by atoms with Gasteiger partial charge in [0.1, 0.15) is 12.1 Å². The van der Waals surface area contributed by atoms with E-state index in [2.05, 4.69) is 16.0 Å². The van der Waals surface area contributed by atoms with Crippen LogP contribution in [0.25, 0.3) is 0 Å². The van der Waals surface area contributed by atoms with E-state index in [0.717, 1.165) is 17.5 Å². The Bertz CT molecular complexity index is 1130. The summed E-state index contributed by atoms with van der Waals surface area (Å²) in [6, 6.07) is 16.9. The first-order valence-corrected chi connectivity index (χ1v) is 15.0. The number of amides is 3. The van der Waals surface area contributed by atoms with E-state index in [0.29, 0.717) is 32.2 Å². The number of nitrogens with one attached hydrogen (secondary N) is 3. The van der Waals surface area contributed by atoms with Gasteiger partial charge < -0.3 is 32.3 Å². The number of carbonyl (C=O) groups excluding carboxylic acids is 3. The molecule has 10 heteroatoms. The molecule has 0 aliphatic carbocycles. The highest BCUT2D eigenvalue weighted by molar-refractivity contribution is 7.80. The van der Waals surface area contributed by atoms with Crippen molar-refractivity contribution >= 4 is 35.1 Å². The predicted octanol–water partition coefficient (Wildman–Crippen LogP) is 2.74. The Labute approximate surface area is 248 Å². The zero-order valence-corrected chi connectivity index (χ0v) is 25.0. The highest BCUT2D eigenvalue weighted by Crippen LogP contribution is 2.34. The minimum Gasteiger partial charge on any atom is -0.376 e. The number of fused-ring (bicyclic) bond motifs is 1. The van der Waals surface area contributed by atoms with E-state index in [1.54, 1.807) is 4.90 Å². The average molecular weight is 581 g/mol. The molecule has 2 aromatic carbocycles. The summed E-state index contributed by atoms with van der Waals surface area (Å²) in [4.78, 5) is 42.4. The number of nitrogens with two attached hydrogens (primary N) is 2. The van der Waals surface area contributed by atoms with Crippen LogP contribution in [0.4, 0.5) is 0 Å². The molecule has 0 aromatic heterocycles. The van der Waals surface area contributed by atoms with Crippen LogP contribution in [-0.2, 0) is 14.4 Å². The van der Waals surface area contributed by atoms with Crippen molar-refractivity contribution in [2.24, 2.45) is 17.4 Å². The van der Waals surface area contributed by atoms with Crippen LogP contribution in [0.15, 0.2) is 60.7 Å². The number of thiocarbonyl (C=S) groups is 1. The second kappa shape index (κ2) is 15.5. The Morgan fingerprint density at radius 1 is 0.976 bits per heavy atom. The van der Waals surface area contributed by atoms with Gasteiger partial charge in [-0.15, -0.1) is 0 Å². The van der Waals surface area contributed by atoms with Crippen molar-refractivity contribution in [2.75, 3.05) is 6.54 Å². The maximum absolute atomic E-state index is 14.1. The van der Waals surface area contributed by atoms with Crippen LogP contribution in [0.1, 0.15) is 70.0 Å². The first kappa shape index (κ1) is 32.0. The smallest absolute Gasteiger partial charge is 0.246 e. The minimum atomic E-state index is -0.839. The van der Waals surface area contributed by atoms with Crippen LogP contribution in [-0.4, -0.2) is 58.4 Å². The first-order valence-electron chi connectivity index (χ1n) is 14.6. The third-order valence-corrected chi connectivity index (χ3v) is 7.98. The van der Waals surface area contributed by atoms with Crippen molar-refractivity contribution in [1.29, 1.82) is 0 Å². The van der Waals surface area contributed by atoms with Crippen LogP contribution in [0.2, 0.25) is 0 Å². The summed E-state index contributed by atoms with van der Waals surface area (Å²) in [5, 5.41) is 9.18. The molecule has 9 nitrogen and oxygen atoms in total. The maximum Gasteiger partial charge on any atom is 0.246 e. The van der Waals surface area contributed by atoms with Crippen LogP contribution < -0.4 is 27.4 Å². The van der Waals surface area contributed by atoms with Gasteiger partial charge in [-0.25, -0.2) is 0 Å². The number of hydrogen-bond donors (Lipinski definition) is 5. The van der Waals surface area contributed by atoms with Crippen LogP contribution >= 0.6 is 12.2 Å². The molecule has 0 bridgehead atoms. The zero-order chi connectivity index (χ0) is 29.9. The number of nitrogens with zero attached hydrogens (tertiary/aromatic N) is 1. The fraction of sp³-hybridized carbons (Fsp3) is 0.484. The molecule has 4 unspecified atom stereocenters. The maximum atomic E-state index is 14.1. The van der Waals surface area contributed by atoms with Crippen molar-refractivity contribution in [1.82, 2.24) is 20.9 Å². The number of benzene rings is 2. The second-order valence-corrected chi connectivity index (χ2v) is 10.8. The van der Waals surface area contributed by atoms with Gasteiger partial charge in [0.05, 0.1) is 12.1 Å². The predicted molar refractivity (Wildman–Crippen MR) is 166 cm³/mol. The fourth-order valence-corrected chi connectivity index (χ4v) is 5.74. The lowest BCUT2D eigenvalue weighted by Gasteiger charge is -2.33. The molecule has 5 atom stereocenters. The molecule has 0 spiro atoms. The Morgan fingerprint density at radius 2 is 1.54 bits per heavy atom. The quantitative estimate of drug-likeness (QED) is 0.287. The largest absolute Gasteiger partial charge is 0.376 e. The summed E-state index contributed by atoms with van der Waals surface area (Å²) < 4.78 is 0. The van der Waals surface area contributed by atoms with Crippen molar-refractivity contribution in [3.8, 4) is 0 Å². The van der Waals surface area contributed by atoms with E-state index in [1.165, 1.54) is 0 Å². The van der Waals surface area contributed by atoms with Crippen molar-refractivity contribution < 1.29 is 14.4 Å². The number of carbonyl (C=O) groups is 3. The highest BCUT2D eigenvalue weighted by Gasteiger charge is 2.47. The van der Waals surface area contributed by atoms with E-state index in [4.69, 9.17) is 23.7 Å². The van der Waals surface area contributed by atoms with Gasteiger partial charge in [0.25, 0.3) is 0 Å². The minimum absolute atomic E-state index is 0.0887. The first-order chi connectivity index (χ1) is 19.8. The molecule has 0 saturated carbocycles. The third-order valence-electron chi connectivity index (χ3n) is 7.83. The van der Waals surface area contributed by atoms with Gasteiger partial charge in [-0.3, -0.25) is 14.4 Å². The van der Waals surface area contributed by atoms with Gasteiger partial charge in [0, 0.05) is 18.5 Å². The molecule has 41 heavy (non-hydrogen) atoms. The van der Waals surface area contributed by atoms with Crippen LogP contribution in [0, 0.1) is 5.92 Å². The Morgan fingerprint density at radius 3 is 2.07 bits per heavy atom. The monoisotopic (exact) mass is 580 g/mol. The summed E-state index contributed by atoms with van der Waals surface area (Å²) in [7, 11) is 0. The Kier molecular flexibility index (Phi) is 12.1. The Balaban J connectivity index is 0.00000226. The molecule has 2 aliphatic heterocycles. The second-order valence-electron chi connectivity index (χ2n) is 10.3. The molecule has 4 rings (SSSR count).